The Morgan fingerprint density at radius 1 is 1.00 bits per heavy atom. The number of carboxylic acids is 1. The summed E-state index contributed by atoms with van der Waals surface area (Å²) in [6.07, 6.45) is -8.20. The van der Waals surface area contributed by atoms with E-state index < -0.39 is 70.6 Å². The third-order valence-electron chi connectivity index (χ3n) is 8.75. The Hall–Kier alpha value is -4.40. The lowest BCUT2D eigenvalue weighted by molar-refractivity contribution is -0.271. The van der Waals surface area contributed by atoms with Crippen molar-refractivity contribution in [3.63, 3.8) is 0 Å². The van der Waals surface area contributed by atoms with Crippen LogP contribution >= 0.6 is 0 Å². The molecular weight excluding hydrogens is 675 g/mol. The maximum atomic E-state index is 13.6. The van der Waals surface area contributed by atoms with E-state index in [1.165, 1.54) is 43.4 Å². The van der Waals surface area contributed by atoms with Gasteiger partial charge in [0.15, 0.2) is 6.10 Å². The fraction of sp³-hybridized carbons (Fsp3) is 0.371. The molecule has 3 aromatic carbocycles. The van der Waals surface area contributed by atoms with Gasteiger partial charge in [0, 0.05) is 18.3 Å². The zero-order valence-electron chi connectivity index (χ0n) is 27.0. The molecule has 1 amide bonds. The van der Waals surface area contributed by atoms with Gasteiger partial charge in [-0.25, -0.2) is 17.6 Å². The van der Waals surface area contributed by atoms with Crippen molar-refractivity contribution in [1.29, 1.82) is 0 Å². The third kappa shape index (κ3) is 8.14. The molecule has 15 heteroatoms. The Balaban J connectivity index is 1.35. The molecule has 0 bridgehead atoms. The molecule has 13 nitrogen and oxygen atoms in total. The van der Waals surface area contributed by atoms with Crippen LogP contribution in [0.1, 0.15) is 41.7 Å². The maximum absolute atomic E-state index is 13.6. The average Bonchev–Trinajstić information content (AvgIpc) is 3.08. The van der Waals surface area contributed by atoms with Crippen LogP contribution in [0, 0.1) is 23.6 Å². The summed E-state index contributed by atoms with van der Waals surface area (Å²) in [5.74, 6) is 3.15. The lowest BCUT2D eigenvalue weighted by Crippen LogP contribution is -2.61. The van der Waals surface area contributed by atoms with Gasteiger partial charge in [-0.05, 0) is 72.5 Å². The standard InChI is InChI=1S/C35H37FN2O11S/c1-37(50(2,46)47)19-3-4-20-5-13-24(14-6-20)38-28(26(33(38)43)17-18-27(39)21-7-11-23(36)12-8-21)22-9-15-25(16-10-22)48-35-31(42)29(40)30(41)32(49-35)34(44)45/h5-16,26-32,35,39-42H,17-19H2,1-2H3,(H,44,45)/t26-,27+,28?,29+,30+,31-,32+,35-/m1/s1. The van der Waals surface area contributed by atoms with Gasteiger partial charge in [-0.2, -0.15) is 4.31 Å². The second kappa shape index (κ2) is 15.2. The quantitative estimate of drug-likeness (QED) is 0.143. The lowest BCUT2D eigenvalue weighted by atomic mass is 9.78. The Morgan fingerprint density at radius 2 is 1.64 bits per heavy atom. The van der Waals surface area contributed by atoms with Crippen molar-refractivity contribution in [2.75, 3.05) is 24.7 Å². The number of nitrogens with zero attached hydrogens (tertiary/aromatic N) is 2. The number of hydrogen-bond acceptors (Lipinski definition) is 10. The first kappa shape index (κ1) is 36.9. The Bertz CT molecular complexity index is 1850. The summed E-state index contributed by atoms with van der Waals surface area (Å²) in [5, 5.41) is 50.5. The first-order valence-electron chi connectivity index (χ1n) is 15.6. The predicted octanol–water partition coefficient (Wildman–Crippen LogP) is 1.56. The van der Waals surface area contributed by atoms with Crippen LogP contribution in [0.5, 0.6) is 5.75 Å². The van der Waals surface area contributed by atoms with Gasteiger partial charge in [-0.3, -0.25) is 4.79 Å². The van der Waals surface area contributed by atoms with Gasteiger partial charge < -0.3 is 39.9 Å². The molecule has 8 atom stereocenters. The van der Waals surface area contributed by atoms with Crippen LogP contribution in [0.3, 0.4) is 0 Å². The summed E-state index contributed by atoms with van der Waals surface area (Å²) in [6.45, 7) is 0.00688. The minimum atomic E-state index is -3.38. The second-order valence-electron chi connectivity index (χ2n) is 12.2. The van der Waals surface area contributed by atoms with Gasteiger partial charge in [-0.15, -0.1) is 0 Å². The fourth-order valence-electron chi connectivity index (χ4n) is 5.79. The van der Waals surface area contributed by atoms with E-state index in [0.29, 0.717) is 28.8 Å². The molecule has 0 aliphatic carbocycles. The minimum Gasteiger partial charge on any atom is -0.479 e. The van der Waals surface area contributed by atoms with Crippen LogP contribution in [0.2, 0.25) is 0 Å². The van der Waals surface area contributed by atoms with Crippen molar-refractivity contribution < 1.29 is 57.4 Å². The Labute approximate surface area is 288 Å². The highest BCUT2D eigenvalue weighted by atomic mass is 32.2. The number of carboxylic acid groups (broad SMARTS) is 1. The fourth-order valence-corrected chi connectivity index (χ4v) is 6.09. The van der Waals surface area contributed by atoms with E-state index in [2.05, 4.69) is 11.8 Å². The lowest BCUT2D eigenvalue weighted by Gasteiger charge is -2.48. The van der Waals surface area contributed by atoms with Crippen LogP contribution in [-0.4, -0.2) is 101 Å². The number of ether oxygens (including phenoxy) is 2. The highest BCUT2D eigenvalue weighted by molar-refractivity contribution is 7.88. The van der Waals surface area contributed by atoms with Crippen LogP contribution in [0.15, 0.2) is 72.8 Å². The first-order valence-corrected chi connectivity index (χ1v) is 17.5. The van der Waals surface area contributed by atoms with Crippen molar-refractivity contribution in [3.8, 4) is 17.6 Å². The molecular formula is C35H37FN2O11S. The first-order chi connectivity index (χ1) is 23.6. The van der Waals surface area contributed by atoms with Gasteiger partial charge in [0.05, 0.1) is 30.9 Å². The molecule has 1 unspecified atom stereocenters. The number of β-lactam (4-membered cyclic amide) rings is 1. The molecule has 2 aliphatic heterocycles. The van der Waals surface area contributed by atoms with Gasteiger partial charge in [0.1, 0.15) is 29.9 Å². The highest BCUT2D eigenvalue weighted by Gasteiger charge is 2.49. The summed E-state index contributed by atoms with van der Waals surface area (Å²) < 4.78 is 48.6. The molecule has 0 aromatic heterocycles. The smallest absolute Gasteiger partial charge is 0.335 e. The van der Waals surface area contributed by atoms with Crippen LogP contribution in [0.25, 0.3) is 0 Å². The SMILES string of the molecule is CN(CC#Cc1ccc(N2C(=O)[C@H](CC[C@H](O)c3ccc(F)cc3)C2c2ccc(O[C@@H]3O[C@H](C(=O)O)[C@@H](O)[C@H](O)[C@H]3O)cc2)cc1)S(C)(=O)=O. The molecule has 0 spiro atoms. The zero-order chi connectivity index (χ0) is 36.3. The highest BCUT2D eigenvalue weighted by Crippen LogP contribution is 2.46. The van der Waals surface area contributed by atoms with Gasteiger partial charge in [0.25, 0.3) is 0 Å². The molecule has 3 aromatic rings. The number of halogens is 1. The predicted molar refractivity (Wildman–Crippen MR) is 176 cm³/mol. The largest absolute Gasteiger partial charge is 0.479 e. The van der Waals surface area contributed by atoms with E-state index in [9.17, 15) is 47.9 Å². The Morgan fingerprint density at radius 3 is 2.24 bits per heavy atom. The topological polar surface area (TPSA) is 194 Å². The molecule has 50 heavy (non-hydrogen) atoms. The number of carbonyl (C=O) groups is 2. The number of hydrogen-bond donors (Lipinski definition) is 5. The molecule has 2 saturated heterocycles. The van der Waals surface area contributed by atoms with E-state index in [0.717, 1.165) is 10.6 Å². The summed E-state index contributed by atoms with van der Waals surface area (Å²) in [4.78, 5) is 26.7. The maximum Gasteiger partial charge on any atom is 0.335 e. The van der Waals surface area contributed by atoms with E-state index in [1.54, 1.807) is 41.3 Å². The Kier molecular flexibility index (Phi) is 11.2. The van der Waals surface area contributed by atoms with Crippen LogP contribution in [0.4, 0.5) is 10.1 Å². The average molecular weight is 713 g/mol. The van der Waals surface area contributed by atoms with Crippen molar-refractivity contribution in [3.05, 3.63) is 95.3 Å². The van der Waals surface area contributed by atoms with E-state index in [4.69, 9.17) is 9.47 Å². The molecule has 0 saturated carbocycles. The van der Waals surface area contributed by atoms with Crippen molar-refractivity contribution in [2.24, 2.45) is 5.92 Å². The molecule has 0 radical (unpaired) electrons. The van der Waals surface area contributed by atoms with E-state index >= 15 is 0 Å². The number of aliphatic hydroxyl groups is 4. The molecule has 2 heterocycles. The van der Waals surface area contributed by atoms with Gasteiger partial charge in [-0.1, -0.05) is 36.1 Å². The van der Waals surface area contributed by atoms with Crippen molar-refractivity contribution in [1.82, 2.24) is 4.31 Å². The number of anilines is 1. The number of aliphatic carboxylic acids is 1. The van der Waals surface area contributed by atoms with Crippen molar-refractivity contribution in [2.45, 2.75) is 55.7 Å². The van der Waals surface area contributed by atoms with Crippen LogP contribution in [-0.2, 0) is 24.3 Å². The summed E-state index contributed by atoms with van der Waals surface area (Å²) in [5.41, 5.74) is 2.38. The van der Waals surface area contributed by atoms with Gasteiger partial charge in [0.2, 0.25) is 22.2 Å². The summed E-state index contributed by atoms with van der Waals surface area (Å²) in [6, 6.07) is 18.2. The summed E-state index contributed by atoms with van der Waals surface area (Å²) >= 11 is 0. The molecule has 5 rings (SSSR count). The molecule has 2 aliphatic rings. The third-order valence-corrected chi connectivity index (χ3v) is 10.0. The van der Waals surface area contributed by atoms with E-state index in [-0.39, 0.29) is 24.6 Å². The molecule has 5 N–H and O–H groups in total. The van der Waals surface area contributed by atoms with Crippen molar-refractivity contribution >= 4 is 27.6 Å². The van der Waals surface area contributed by atoms with E-state index in [1.807, 2.05) is 0 Å². The van der Waals surface area contributed by atoms with Gasteiger partial charge >= 0.3 is 5.97 Å². The number of sulfonamides is 1. The number of rotatable bonds is 11. The molecule has 2 fully saturated rings. The number of benzene rings is 3. The number of aliphatic hydroxyl groups excluding tert-OH is 4. The second-order valence-corrected chi connectivity index (χ2v) is 14.3. The number of amides is 1. The monoisotopic (exact) mass is 712 g/mol. The number of carbonyl (C=O) groups excluding carboxylic acids is 1. The summed E-state index contributed by atoms with van der Waals surface area (Å²) in [7, 11) is -1.95. The minimum absolute atomic E-state index is 0.00688. The molecule has 266 valence electrons. The van der Waals surface area contributed by atoms with Crippen LogP contribution < -0.4 is 9.64 Å². The normalized spacial score (nSPS) is 25.7. The zero-order valence-corrected chi connectivity index (χ0v) is 27.9.